The van der Waals surface area contributed by atoms with E-state index in [0.717, 1.165) is 28.4 Å². The maximum Gasteiger partial charge on any atom is 0.118 e. The van der Waals surface area contributed by atoms with Crippen LogP contribution in [0.1, 0.15) is 41.7 Å². The number of aliphatic hydroxyl groups excluding tert-OH is 1. The van der Waals surface area contributed by atoms with Crippen LogP contribution in [0.5, 0.6) is 5.75 Å². The van der Waals surface area contributed by atoms with Gasteiger partial charge in [-0.25, -0.2) is 0 Å². The van der Waals surface area contributed by atoms with Gasteiger partial charge < -0.3 is 19.6 Å². The molecule has 4 heteroatoms. The Morgan fingerprint density at radius 2 is 1.90 bits per heavy atom. The van der Waals surface area contributed by atoms with Crippen molar-refractivity contribution in [3.05, 3.63) is 53.0 Å². The summed E-state index contributed by atoms with van der Waals surface area (Å²) < 4.78 is 10.6. The van der Waals surface area contributed by atoms with E-state index in [1.807, 2.05) is 44.2 Å². The van der Waals surface area contributed by atoms with Crippen LogP contribution in [0, 0.1) is 13.8 Å². The molecule has 2 atom stereocenters. The Kier molecular flexibility index (Phi) is 5.04. The van der Waals surface area contributed by atoms with Crippen LogP contribution in [0.15, 0.2) is 34.7 Å². The van der Waals surface area contributed by atoms with E-state index in [4.69, 9.17) is 9.15 Å². The van der Waals surface area contributed by atoms with Crippen molar-refractivity contribution in [1.82, 2.24) is 5.32 Å². The Labute approximate surface area is 125 Å². The van der Waals surface area contributed by atoms with Gasteiger partial charge in [0.15, 0.2) is 0 Å². The Balaban J connectivity index is 1.93. The van der Waals surface area contributed by atoms with Gasteiger partial charge >= 0.3 is 0 Å². The molecule has 0 amide bonds. The number of hydrogen-bond donors (Lipinski definition) is 2. The van der Waals surface area contributed by atoms with Crippen LogP contribution in [0.2, 0.25) is 0 Å². The molecule has 4 nitrogen and oxygen atoms in total. The van der Waals surface area contributed by atoms with Gasteiger partial charge in [0.2, 0.25) is 0 Å². The van der Waals surface area contributed by atoms with Crippen LogP contribution in [-0.4, -0.2) is 18.8 Å². The van der Waals surface area contributed by atoms with Gasteiger partial charge in [-0.3, -0.25) is 0 Å². The Morgan fingerprint density at radius 3 is 2.43 bits per heavy atom. The number of benzene rings is 1. The molecule has 0 saturated carbocycles. The van der Waals surface area contributed by atoms with Gasteiger partial charge in [0.05, 0.1) is 13.2 Å². The average molecular weight is 289 g/mol. The third-order valence-corrected chi connectivity index (χ3v) is 3.66. The lowest BCUT2D eigenvalue weighted by molar-refractivity contribution is 0.170. The molecule has 0 fully saturated rings. The molecular weight excluding hydrogens is 266 g/mol. The molecule has 0 radical (unpaired) electrons. The van der Waals surface area contributed by atoms with Crippen molar-refractivity contribution in [2.75, 3.05) is 13.7 Å². The van der Waals surface area contributed by atoms with Crippen molar-refractivity contribution in [2.45, 2.75) is 32.9 Å². The Bertz CT molecular complexity index is 574. The zero-order chi connectivity index (χ0) is 15.4. The van der Waals surface area contributed by atoms with Crippen LogP contribution in [0.25, 0.3) is 0 Å². The second-order valence-electron chi connectivity index (χ2n) is 5.29. The average Bonchev–Trinajstić information content (AvgIpc) is 2.83. The van der Waals surface area contributed by atoms with E-state index in [1.54, 1.807) is 7.11 Å². The van der Waals surface area contributed by atoms with Crippen molar-refractivity contribution in [2.24, 2.45) is 0 Å². The number of ether oxygens (including phenoxy) is 1. The molecule has 21 heavy (non-hydrogen) atoms. The molecule has 0 aliphatic rings. The van der Waals surface area contributed by atoms with E-state index in [0.29, 0.717) is 6.54 Å². The van der Waals surface area contributed by atoms with Gasteiger partial charge in [0.1, 0.15) is 17.3 Å². The van der Waals surface area contributed by atoms with E-state index in [-0.39, 0.29) is 6.04 Å². The summed E-state index contributed by atoms with van der Waals surface area (Å²) in [6.45, 7) is 6.45. The van der Waals surface area contributed by atoms with Gasteiger partial charge in [0, 0.05) is 18.2 Å². The van der Waals surface area contributed by atoms with E-state index >= 15 is 0 Å². The lowest BCUT2D eigenvalue weighted by atomic mass is 10.1. The van der Waals surface area contributed by atoms with E-state index in [9.17, 15) is 5.11 Å². The quantitative estimate of drug-likeness (QED) is 0.857. The summed E-state index contributed by atoms with van der Waals surface area (Å²) in [6.07, 6.45) is -0.549. The summed E-state index contributed by atoms with van der Waals surface area (Å²) in [7, 11) is 1.63. The summed E-state index contributed by atoms with van der Waals surface area (Å²) >= 11 is 0. The predicted octanol–water partition coefficient (Wildman–Crippen LogP) is 3.29. The molecule has 0 aliphatic carbocycles. The number of nitrogens with one attached hydrogen (secondary N) is 1. The molecule has 1 aromatic heterocycles. The van der Waals surface area contributed by atoms with Crippen molar-refractivity contribution < 1.29 is 14.3 Å². The molecule has 0 aliphatic heterocycles. The van der Waals surface area contributed by atoms with Crippen LogP contribution >= 0.6 is 0 Å². The number of furan rings is 1. The highest BCUT2D eigenvalue weighted by atomic mass is 16.5. The minimum atomic E-state index is -0.549. The molecule has 0 spiro atoms. The summed E-state index contributed by atoms with van der Waals surface area (Å²) in [6, 6.07) is 9.63. The van der Waals surface area contributed by atoms with Gasteiger partial charge in [0.25, 0.3) is 0 Å². The smallest absolute Gasteiger partial charge is 0.118 e. The van der Waals surface area contributed by atoms with Crippen molar-refractivity contribution in [3.8, 4) is 5.75 Å². The monoisotopic (exact) mass is 289 g/mol. The first kappa shape index (κ1) is 15.6. The van der Waals surface area contributed by atoms with Crippen molar-refractivity contribution in [1.29, 1.82) is 0 Å². The van der Waals surface area contributed by atoms with Crippen LogP contribution < -0.4 is 10.1 Å². The highest BCUT2D eigenvalue weighted by Crippen LogP contribution is 2.22. The Hall–Kier alpha value is -1.78. The standard InChI is InChI=1S/C17H23NO3/c1-11-9-16(13(3)21-11)12(2)18-10-17(19)14-5-7-15(20-4)8-6-14/h5-9,12,17-19H,10H2,1-4H3. The molecule has 0 saturated heterocycles. The maximum atomic E-state index is 10.2. The highest BCUT2D eigenvalue weighted by molar-refractivity contribution is 5.29. The molecule has 1 aromatic carbocycles. The maximum absolute atomic E-state index is 10.2. The summed E-state index contributed by atoms with van der Waals surface area (Å²) in [5, 5.41) is 13.6. The minimum absolute atomic E-state index is 0.135. The fraction of sp³-hybridized carbons (Fsp3) is 0.412. The summed E-state index contributed by atoms with van der Waals surface area (Å²) in [5.41, 5.74) is 2.00. The number of aryl methyl sites for hydroxylation is 2. The molecule has 1 heterocycles. The molecule has 0 bridgehead atoms. The first-order valence-corrected chi connectivity index (χ1v) is 7.13. The van der Waals surface area contributed by atoms with Crippen molar-refractivity contribution >= 4 is 0 Å². The topological polar surface area (TPSA) is 54.6 Å². The zero-order valence-corrected chi connectivity index (χ0v) is 13.0. The third kappa shape index (κ3) is 3.86. The van der Waals surface area contributed by atoms with Gasteiger partial charge in [-0.2, -0.15) is 0 Å². The number of hydrogen-bond acceptors (Lipinski definition) is 4. The largest absolute Gasteiger partial charge is 0.497 e. The van der Waals surface area contributed by atoms with Crippen LogP contribution in [0.4, 0.5) is 0 Å². The SMILES string of the molecule is COc1ccc(C(O)CNC(C)c2cc(C)oc2C)cc1. The predicted molar refractivity (Wildman–Crippen MR) is 82.6 cm³/mol. The molecule has 2 unspecified atom stereocenters. The second-order valence-corrected chi connectivity index (χ2v) is 5.29. The zero-order valence-electron chi connectivity index (χ0n) is 13.0. The first-order chi connectivity index (χ1) is 10.0. The van der Waals surface area contributed by atoms with Gasteiger partial charge in [-0.1, -0.05) is 12.1 Å². The normalized spacial score (nSPS) is 14.0. The van der Waals surface area contributed by atoms with Gasteiger partial charge in [-0.05, 0) is 44.5 Å². The van der Waals surface area contributed by atoms with Crippen molar-refractivity contribution in [3.63, 3.8) is 0 Å². The number of rotatable bonds is 6. The van der Waals surface area contributed by atoms with Crippen LogP contribution in [0.3, 0.4) is 0 Å². The summed E-state index contributed by atoms with van der Waals surface area (Å²) in [4.78, 5) is 0. The first-order valence-electron chi connectivity index (χ1n) is 7.13. The van der Waals surface area contributed by atoms with E-state index < -0.39 is 6.10 Å². The van der Waals surface area contributed by atoms with Crippen LogP contribution in [-0.2, 0) is 0 Å². The molecule has 114 valence electrons. The fourth-order valence-corrected chi connectivity index (χ4v) is 2.42. The summed E-state index contributed by atoms with van der Waals surface area (Å²) in [5.74, 6) is 2.62. The van der Waals surface area contributed by atoms with E-state index in [1.165, 1.54) is 0 Å². The van der Waals surface area contributed by atoms with E-state index in [2.05, 4.69) is 12.2 Å². The number of aliphatic hydroxyl groups is 1. The second kappa shape index (κ2) is 6.78. The Morgan fingerprint density at radius 1 is 1.24 bits per heavy atom. The molecule has 2 aromatic rings. The van der Waals surface area contributed by atoms with Gasteiger partial charge in [-0.15, -0.1) is 0 Å². The third-order valence-electron chi connectivity index (χ3n) is 3.66. The lowest BCUT2D eigenvalue weighted by Gasteiger charge is -2.17. The minimum Gasteiger partial charge on any atom is -0.497 e. The lowest BCUT2D eigenvalue weighted by Crippen LogP contribution is -2.24. The number of methoxy groups -OCH3 is 1. The molecule has 2 rings (SSSR count). The molecule has 2 N–H and O–H groups in total. The fourth-order valence-electron chi connectivity index (χ4n) is 2.42. The molecular formula is C17H23NO3. The highest BCUT2D eigenvalue weighted by Gasteiger charge is 2.14.